The van der Waals surface area contributed by atoms with Crippen LogP contribution >= 0.6 is 0 Å². The number of hydrogen-bond donors (Lipinski definition) is 1. The molecule has 5 rings (SSSR count). The first kappa shape index (κ1) is 33.9. The van der Waals surface area contributed by atoms with Gasteiger partial charge >= 0.3 is 0 Å². The van der Waals surface area contributed by atoms with Gasteiger partial charge in [0.05, 0.1) is 10.6 Å². The van der Waals surface area contributed by atoms with Gasteiger partial charge in [-0.25, -0.2) is 12.8 Å². The van der Waals surface area contributed by atoms with Crippen molar-refractivity contribution in [3.8, 4) is 0 Å². The van der Waals surface area contributed by atoms with Crippen molar-refractivity contribution in [2.45, 2.75) is 75.9 Å². The number of carbonyl (C=O) groups is 2. The molecule has 1 fully saturated rings. The maximum atomic E-state index is 14.6. The average Bonchev–Trinajstić information content (AvgIpc) is 3.07. The number of aryl methyl sites for hydroxylation is 2. The minimum absolute atomic E-state index is 0.00278. The Morgan fingerprint density at radius 2 is 1.49 bits per heavy atom. The van der Waals surface area contributed by atoms with Crippen LogP contribution in [0.25, 0.3) is 0 Å². The van der Waals surface area contributed by atoms with Gasteiger partial charge in [0.1, 0.15) is 18.4 Å². The summed E-state index contributed by atoms with van der Waals surface area (Å²) in [5.74, 6) is -1.26. The second kappa shape index (κ2) is 15.4. The summed E-state index contributed by atoms with van der Waals surface area (Å²) >= 11 is 0. The summed E-state index contributed by atoms with van der Waals surface area (Å²) in [6, 6.07) is 27.8. The molecule has 1 aliphatic carbocycles. The Kier molecular flexibility index (Phi) is 11.1. The molecule has 1 saturated carbocycles. The van der Waals surface area contributed by atoms with Gasteiger partial charge in [-0.05, 0) is 79.8 Å². The van der Waals surface area contributed by atoms with Crippen LogP contribution in [0.3, 0.4) is 0 Å². The minimum atomic E-state index is -4.19. The number of halogens is 1. The van der Waals surface area contributed by atoms with Crippen molar-refractivity contribution < 1.29 is 22.4 Å². The van der Waals surface area contributed by atoms with Gasteiger partial charge < -0.3 is 10.2 Å². The predicted octanol–water partition coefficient (Wildman–Crippen LogP) is 6.73. The van der Waals surface area contributed by atoms with Crippen LogP contribution in [0, 0.1) is 19.7 Å². The molecule has 2 amide bonds. The van der Waals surface area contributed by atoms with E-state index in [-0.39, 0.29) is 29.8 Å². The molecule has 9 heteroatoms. The molecule has 246 valence electrons. The Hall–Kier alpha value is -4.50. The molecule has 0 radical (unpaired) electrons. The van der Waals surface area contributed by atoms with Crippen molar-refractivity contribution in [1.29, 1.82) is 0 Å². The molecular formula is C38H42FN3O4S. The molecule has 0 bridgehead atoms. The van der Waals surface area contributed by atoms with Crippen molar-refractivity contribution in [1.82, 2.24) is 10.2 Å². The van der Waals surface area contributed by atoms with Crippen LogP contribution in [-0.4, -0.2) is 43.8 Å². The van der Waals surface area contributed by atoms with Crippen LogP contribution in [0.2, 0.25) is 0 Å². The van der Waals surface area contributed by atoms with E-state index in [1.54, 1.807) is 42.5 Å². The first-order valence-corrected chi connectivity index (χ1v) is 17.6. The van der Waals surface area contributed by atoms with E-state index in [1.807, 2.05) is 50.2 Å². The van der Waals surface area contributed by atoms with E-state index < -0.39 is 34.3 Å². The van der Waals surface area contributed by atoms with Gasteiger partial charge in [-0.15, -0.1) is 0 Å². The smallest absolute Gasteiger partial charge is 0.264 e. The van der Waals surface area contributed by atoms with Gasteiger partial charge in [-0.3, -0.25) is 13.9 Å². The third-order valence-corrected chi connectivity index (χ3v) is 10.5. The lowest BCUT2D eigenvalue weighted by atomic mass is 9.94. The molecule has 0 aliphatic heterocycles. The van der Waals surface area contributed by atoms with Crippen LogP contribution in [0.4, 0.5) is 10.1 Å². The van der Waals surface area contributed by atoms with Crippen LogP contribution < -0.4 is 9.62 Å². The number of amides is 2. The molecule has 4 aromatic rings. The lowest BCUT2D eigenvalue weighted by molar-refractivity contribution is -0.140. The molecule has 1 N–H and O–H groups in total. The van der Waals surface area contributed by atoms with Gasteiger partial charge in [-0.2, -0.15) is 0 Å². The second-order valence-corrected chi connectivity index (χ2v) is 14.2. The van der Waals surface area contributed by atoms with E-state index in [4.69, 9.17) is 0 Å². The fraction of sp³-hybridized carbons (Fsp3) is 0.316. The lowest BCUT2D eigenvalue weighted by Crippen LogP contribution is -2.55. The summed E-state index contributed by atoms with van der Waals surface area (Å²) in [5.41, 5.74) is 3.55. The zero-order chi connectivity index (χ0) is 33.4. The van der Waals surface area contributed by atoms with Crippen LogP contribution in [-0.2, 0) is 32.6 Å². The molecule has 7 nitrogen and oxygen atoms in total. The quantitative estimate of drug-likeness (QED) is 0.184. The Bertz CT molecular complexity index is 1760. The number of sulfonamides is 1. The highest BCUT2D eigenvalue weighted by Gasteiger charge is 2.35. The standard InChI is InChI=1S/C38H42FN3O4S/c1-28-16-22-35(23-17-28)47(45,46)42(34-15-9-10-29(2)24-34)27-37(43)41(26-31-18-20-32(39)21-19-31)36(25-30-11-5-3-6-12-30)38(44)40-33-13-7-4-8-14-33/h3,5-6,9-12,15-24,33,36H,4,7-8,13-14,25-27H2,1-2H3,(H,40,44)/t36-/m1/s1. The first-order chi connectivity index (χ1) is 22.6. The fourth-order valence-electron chi connectivity index (χ4n) is 6.03. The van der Waals surface area contributed by atoms with E-state index in [9.17, 15) is 22.4 Å². The SMILES string of the molecule is Cc1ccc(S(=O)(=O)N(CC(=O)N(Cc2ccc(F)cc2)[C@H](Cc2ccccc2)C(=O)NC2CCCCC2)c2cccc(C)c2)cc1. The average molecular weight is 656 g/mol. The molecule has 0 spiro atoms. The van der Waals surface area contributed by atoms with E-state index in [0.29, 0.717) is 11.3 Å². The third-order valence-electron chi connectivity index (χ3n) is 8.67. The highest BCUT2D eigenvalue weighted by Crippen LogP contribution is 2.26. The Morgan fingerprint density at radius 3 is 2.15 bits per heavy atom. The van der Waals surface area contributed by atoms with Crippen LogP contribution in [0.15, 0.2) is 108 Å². The lowest BCUT2D eigenvalue weighted by Gasteiger charge is -2.35. The van der Waals surface area contributed by atoms with Crippen LogP contribution in [0.1, 0.15) is 54.4 Å². The maximum absolute atomic E-state index is 14.6. The maximum Gasteiger partial charge on any atom is 0.264 e. The second-order valence-electron chi connectivity index (χ2n) is 12.4. The van der Waals surface area contributed by atoms with Gasteiger partial charge in [0.15, 0.2) is 0 Å². The molecule has 0 saturated heterocycles. The number of hydrogen-bond acceptors (Lipinski definition) is 4. The molecule has 0 unspecified atom stereocenters. The topological polar surface area (TPSA) is 86.8 Å². The normalized spacial score (nSPS) is 14.3. The highest BCUT2D eigenvalue weighted by molar-refractivity contribution is 7.92. The van der Waals surface area contributed by atoms with Crippen molar-refractivity contribution >= 4 is 27.5 Å². The van der Waals surface area contributed by atoms with Gasteiger partial charge in [-0.1, -0.05) is 91.6 Å². The van der Waals surface area contributed by atoms with Crippen molar-refractivity contribution in [3.05, 3.63) is 131 Å². The van der Waals surface area contributed by atoms with Gasteiger partial charge in [0.2, 0.25) is 11.8 Å². The monoisotopic (exact) mass is 655 g/mol. The zero-order valence-corrected chi connectivity index (χ0v) is 27.8. The van der Waals surface area contributed by atoms with Crippen molar-refractivity contribution in [2.75, 3.05) is 10.8 Å². The van der Waals surface area contributed by atoms with E-state index in [2.05, 4.69) is 5.32 Å². The summed E-state index contributed by atoms with van der Waals surface area (Å²) in [6.45, 7) is 3.18. The zero-order valence-electron chi connectivity index (χ0n) is 26.9. The molecule has 4 aromatic carbocycles. The highest BCUT2D eigenvalue weighted by atomic mass is 32.2. The minimum Gasteiger partial charge on any atom is -0.352 e. The Morgan fingerprint density at radius 1 is 0.809 bits per heavy atom. The molecule has 1 aliphatic rings. The van der Waals surface area contributed by atoms with Crippen LogP contribution in [0.5, 0.6) is 0 Å². The first-order valence-electron chi connectivity index (χ1n) is 16.1. The summed E-state index contributed by atoms with van der Waals surface area (Å²) in [7, 11) is -4.19. The van der Waals surface area contributed by atoms with E-state index >= 15 is 0 Å². The molecule has 0 heterocycles. The fourth-order valence-corrected chi connectivity index (χ4v) is 7.44. The van der Waals surface area contributed by atoms with Crippen molar-refractivity contribution in [2.24, 2.45) is 0 Å². The van der Waals surface area contributed by atoms with E-state index in [0.717, 1.165) is 53.1 Å². The third kappa shape index (κ3) is 8.86. The van der Waals surface area contributed by atoms with Crippen molar-refractivity contribution in [3.63, 3.8) is 0 Å². The molecule has 0 aromatic heterocycles. The Balaban J connectivity index is 1.56. The number of benzene rings is 4. The van der Waals surface area contributed by atoms with E-state index in [1.165, 1.54) is 29.2 Å². The number of nitrogens with one attached hydrogen (secondary N) is 1. The summed E-state index contributed by atoms with van der Waals surface area (Å²) in [5, 5.41) is 3.20. The summed E-state index contributed by atoms with van der Waals surface area (Å²) < 4.78 is 43.4. The largest absolute Gasteiger partial charge is 0.352 e. The number of anilines is 1. The number of carbonyl (C=O) groups excluding carboxylic acids is 2. The summed E-state index contributed by atoms with van der Waals surface area (Å²) in [6.07, 6.45) is 5.13. The molecular weight excluding hydrogens is 614 g/mol. The van der Waals surface area contributed by atoms with Gasteiger partial charge in [0, 0.05) is 19.0 Å². The Labute approximate surface area is 277 Å². The number of nitrogens with zero attached hydrogens (tertiary/aromatic N) is 2. The van der Waals surface area contributed by atoms with Gasteiger partial charge in [0.25, 0.3) is 10.0 Å². The molecule has 47 heavy (non-hydrogen) atoms. The predicted molar refractivity (Wildman–Crippen MR) is 183 cm³/mol. The molecule has 1 atom stereocenters. The summed E-state index contributed by atoms with van der Waals surface area (Å²) in [4.78, 5) is 30.3. The number of rotatable bonds is 12.